The lowest BCUT2D eigenvalue weighted by Crippen LogP contribution is -2.40. The molecule has 0 aliphatic carbocycles. The van der Waals surface area contributed by atoms with Crippen molar-refractivity contribution in [2.24, 2.45) is 4.99 Å². The highest BCUT2D eigenvalue weighted by molar-refractivity contribution is 7.07. The van der Waals surface area contributed by atoms with E-state index in [1.54, 1.807) is 18.4 Å². The van der Waals surface area contributed by atoms with Crippen molar-refractivity contribution in [3.05, 3.63) is 84.5 Å². The smallest absolute Gasteiger partial charge is 0.338 e. The Kier molecular flexibility index (Phi) is 9.70. The monoisotopic (exact) mass is 578 g/mol. The van der Waals surface area contributed by atoms with E-state index in [0.717, 1.165) is 12.0 Å². The van der Waals surface area contributed by atoms with Gasteiger partial charge in [-0.25, -0.2) is 9.79 Å². The first-order valence-corrected chi connectivity index (χ1v) is 14.9. The van der Waals surface area contributed by atoms with E-state index in [4.69, 9.17) is 18.9 Å². The second-order valence-electron chi connectivity index (χ2n) is 9.98. The number of nitrogens with zero attached hydrogens (tertiary/aromatic N) is 2. The lowest BCUT2D eigenvalue weighted by molar-refractivity contribution is -0.139. The first-order chi connectivity index (χ1) is 19.7. The summed E-state index contributed by atoms with van der Waals surface area (Å²) in [5.41, 5.74) is 2.04. The van der Waals surface area contributed by atoms with Crippen LogP contribution >= 0.6 is 11.3 Å². The number of esters is 1. The molecule has 0 fully saturated rings. The summed E-state index contributed by atoms with van der Waals surface area (Å²) >= 11 is 1.27. The van der Waals surface area contributed by atoms with E-state index in [2.05, 4.69) is 11.9 Å². The van der Waals surface area contributed by atoms with Crippen molar-refractivity contribution in [3.63, 3.8) is 0 Å². The largest absolute Gasteiger partial charge is 0.491 e. The number of carbonyl (C=O) groups excluding carboxylic acids is 1. The van der Waals surface area contributed by atoms with Crippen LogP contribution in [0.5, 0.6) is 17.2 Å². The number of allylic oxidation sites excluding steroid dienone is 1. The molecule has 0 saturated carbocycles. The number of ether oxygens (including phenoxy) is 4. The van der Waals surface area contributed by atoms with Crippen molar-refractivity contribution in [1.82, 2.24) is 4.57 Å². The van der Waals surface area contributed by atoms with E-state index in [1.807, 2.05) is 76.2 Å². The first-order valence-electron chi connectivity index (χ1n) is 14.1. The number of carbonyl (C=O) groups is 1. The molecule has 0 N–H and O–H groups in total. The predicted molar refractivity (Wildman–Crippen MR) is 161 cm³/mol. The molecular weight excluding hydrogens is 540 g/mol. The fourth-order valence-corrected chi connectivity index (χ4v) is 5.63. The van der Waals surface area contributed by atoms with Crippen LogP contribution in [0.1, 0.15) is 72.1 Å². The van der Waals surface area contributed by atoms with Crippen molar-refractivity contribution in [2.45, 2.75) is 73.1 Å². The lowest BCUT2D eigenvalue weighted by atomic mass is 9.95. The Morgan fingerprint density at radius 3 is 2.46 bits per heavy atom. The summed E-state index contributed by atoms with van der Waals surface area (Å²) in [7, 11) is 0. The molecule has 0 amide bonds. The van der Waals surface area contributed by atoms with E-state index in [0.29, 0.717) is 50.0 Å². The molecule has 8 nitrogen and oxygen atoms in total. The molecular formula is C32H38N2O6S. The highest BCUT2D eigenvalue weighted by Crippen LogP contribution is 2.36. The Morgan fingerprint density at radius 1 is 1.02 bits per heavy atom. The quantitative estimate of drug-likeness (QED) is 0.292. The second kappa shape index (κ2) is 13.2. The molecule has 2 heterocycles. The van der Waals surface area contributed by atoms with E-state index in [1.165, 1.54) is 11.3 Å². The second-order valence-corrected chi connectivity index (χ2v) is 11.0. The van der Waals surface area contributed by atoms with Crippen molar-refractivity contribution < 1.29 is 23.7 Å². The molecule has 0 saturated heterocycles. The number of benzene rings is 2. The third kappa shape index (κ3) is 6.56. The van der Waals surface area contributed by atoms with Crippen molar-refractivity contribution in [1.29, 1.82) is 0 Å². The summed E-state index contributed by atoms with van der Waals surface area (Å²) in [6.45, 7) is 14.1. The highest BCUT2D eigenvalue weighted by Gasteiger charge is 2.35. The molecule has 0 spiro atoms. The summed E-state index contributed by atoms with van der Waals surface area (Å²) in [4.78, 5) is 32.5. The van der Waals surface area contributed by atoms with Gasteiger partial charge >= 0.3 is 5.97 Å². The maximum absolute atomic E-state index is 14.0. The molecule has 218 valence electrons. The maximum atomic E-state index is 14.0. The van der Waals surface area contributed by atoms with Gasteiger partial charge in [-0.15, -0.1) is 0 Å². The Morgan fingerprint density at radius 2 is 1.78 bits per heavy atom. The summed E-state index contributed by atoms with van der Waals surface area (Å²) in [5, 5.41) is 0. The Hall–Kier alpha value is -3.85. The Balaban J connectivity index is 1.90. The van der Waals surface area contributed by atoms with Gasteiger partial charge in [0.05, 0.1) is 41.2 Å². The van der Waals surface area contributed by atoms with Gasteiger partial charge in [-0.1, -0.05) is 42.5 Å². The van der Waals surface area contributed by atoms with Gasteiger partial charge in [0, 0.05) is 5.56 Å². The number of hydrogen-bond donors (Lipinski definition) is 0. The Labute approximate surface area is 244 Å². The zero-order valence-electron chi connectivity index (χ0n) is 24.7. The van der Waals surface area contributed by atoms with Gasteiger partial charge in [-0.2, -0.15) is 0 Å². The molecule has 1 aliphatic heterocycles. The highest BCUT2D eigenvalue weighted by atomic mass is 32.1. The number of hydrogen-bond acceptors (Lipinski definition) is 8. The van der Waals surface area contributed by atoms with Gasteiger partial charge in [0.2, 0.25) is 0 Å². The van der Waals surface area contributed by atoms with E-state index in [-0.39, 0.29) is 24.4 Å². The van der Waals surface area contributed by atoms with Gasteiger partial charge in [0.1, 0.15) is 11.8 Å². The molecule has 2 aromatic carbocycles. The Bertz CT molecular complexity index is 1620. The SMILES string of the molecule is CCOC(=O)C1=C(C)N=c2s/c(=C/c3ccc(O[C@@H](C)CC)c(OCC)c3)c(=O)n2[C@H]1c1ccccc1OC(C)C. The standard InChI is InChI=1S/C32H38N2O6S/c1-8-20(6)40-25-16-15-22(17-26(25)37-9-2)18-27-30(35)34-29(23-13-11-12-14-24(23)39-19(4)5)28(31(36)38-10-3)21(7)33-32(34)41-27/h11-20,29H,8-10H2,1-7H3/b27-18+/t20-,29-/m0/s1. The van der Waals surface area contributed by atoms with Crippen LogP contribution in [0.2, 0.25) is 0 Å². The van der Waals surface area contributed by atoms with Crippen molar-refractivity contribution in [2.75, 3.05) is 13.2 Å². The summed E-state index contributed by atoms with van der Waals surface area (Å²) in [6.07, 6.45) is 2.63. The maximum Gasteiger partial charge on any atom is 0.338 e. The minimum atomic E-state index is -0.757. The van der Waals surface area contributed by atoms with Gasteiger partial charge < -0.3 is 18.9 Å². The molecule has 1 aromatic heterocycles. The van der Waals surface area contributed by atoms with Crippen molar-refractivity contribution >= 4 is 23.4 Å². The summed E-state index contributed by atoms with van der Waals surface area (Å²) < 4.78 is 25.5. The van der Waals surface area contributed by atoms with Crippen LogP contribution < -0.4 is 29.1 Å². The van der Waals surface area contributed by atoms with E-state index >= 15 is 0 Å². The van der Waals surface area contributed by atoms with Crippen LogP contribution in [0.3, 0.4) is 0 Å². The first kappa shape index (κ1) is 30.1. The van der Waals surface area contributed by atoms with Crippen LogP contribution in [0.25, 0.3) is 6.08 Å². The van der Waals surface area contributed by atoms with Crippen molar-refractivity contribution in [3.8, 4) is 17.2 Å². The third-order valence-corrected chi connectivity index (χ3v) is 7.54. The molecule has 0 bridgehead atoms. The van der Waals surface area contributed by atoms with Crippen LogP contribution in [-0.4, -0.2) is 36.0 Å². The number of rotatable bonds is 11. The van der Waals surface area contributed by atoms with E-state index < -0.39 is 12.0 Å². The molecule has 4 rings (SSSR count). The summed E-state index contributed by atoms with van der Waals surface area (Å²) in [5.74, 6) is 1.37. The van der Waals surface area contributed by atoms with Crippen LogP contribution in [0, 0.1) is 0 Å². The zero-order chi connectivity index (χ0) is 29.7. The predicted octanol–water partition coefficient (Wildman–Crippen LogP) is 5.16. The van der Waals surface area contributed by atoms with Crippen LogP contribution in [0.4, 0.5) is 0 Å². The van der Waals surface area contributed by atoms with Gasteiger partial charge in [0.25, 0.3) is 5.56 Å². The average molecular weight is 579 g/mol. The van der Waals surface area contributed by atoms with Gasteiger partial charge in [0.15, 0.2) is 16.3 Å². The zero-order valence-corrected chi connectivity index (χ0v) is 25.5. The van der Waals surface area contributed by atoms with Crippen LogP contribution in [0.15, 0.2) is 63.5 Å². The number of para-hydroxylation sites is 1. The fraction of sp³-hybridized carbons (Fsp3) is 0.406. The van der Waals surface area contributed by atoms with Gasteiger partial charge in [-0.05, 0) is 77.8 Å². The van der Waals surface area contributed by atoms with E-state index in [9.17, 15) is 9.59 Å². The fourth-order valence-electron chi connectivity index (χ4n) is 4.59. The van der Waals surface area contributed by atoms with Crippen LogP contribution in [-0.2, 0) is 9.53 Å². The van der Waals surface area contributed by atoms with Gasteiger partial charge in [-0.3, -0.25) is 9.36 Å². The minimum Gasteiger partial charge on any atom is -0.491 e. The molecule has 41 heavy (non-hydrogen) atoms. The summed E-state index contributed by atoms with van der Waals surface area (Å²) in [6, 6.07) is 12.3. The molecule has 0 unspecified atom stereocenters. The minimum absolute atomic E-state index is 0.0446. The number of aromatic nitrogens is 1. The normalized spacial score (nSPS) is 15.8. The molecule has 3 aromatic rings. The average Bonchev–Trinajstić information content (AvgIpc) is 3.23. The number of fused-ring (bicyclic) bond motifs is 1. The molecule has 0 radical (unpaired) electrons. The topological polar surface area (TPSA) is 88.4 Å². The lowest BCUT2D eigenvalue weighted by Gasteiger charge is -2.26. The molecule has 1 aliphatic rings. The number of thiazole rings is 1. The molecule has 9 heteroatoms. The third-order valence-electron chi connectivity index (χ3n) is 6.56. The molecule has 2 atom stereocenters.